The Morgan fingerprint density at radius 2 is 1.86 bits per heavy atom. The fraction of sp³-hybridized carbons (Fsp3) is 0.611. The summed E-state index contributed by atoms with van der Waals surface area (Å²) in [5.41, 5.74) is 1.07. The number of ether oxygens (including phenoxy) is 2. The summed E-state index contributed by atoms with van der Waals surface area (Å²) in [4.78, 5) is 11.4. The molecule has 0 aromatic heterocycles. The first kappa shape index (κ1) is 18.5. The molecule has 0 aliphatic heterocycles. The lowest BCUT2D eigenvalue weighted by Crippen LogP contribution is -2.15. The van der Waals surface area contributed by atoms with Crippen LogP contribution in [0.1, 0.15) is 40.5 Å². The van der Waals surface area contributed by atoms with Gasteiger partial charge >= 0.3 is 0 Å². The standard InChI is InChI=1S/C18H29NO3/c1-14(2)18(20)13-21-10-5-6-11-22-17-9-7-8-16(12-17)19-15(3)4/h7-9,12,14-15,19H,5-6,10-11,13H2,1-4H3. The molecule has 0 fully saturated rings. The molecule has 4 nitrogen and oxygen atoms in total. The first-order chi connectivity index (χ1) is 10.5. The van der Waals surface area contributed by atoms with Crippen LogP contribution in [0.2, 0.25) is 0 Å². The third-order valence-corrected chi connectivity index (χ3v) is 3.13. The predicted octanol–water partition coefficient (Wildman–Crippen LogP) is 3.91. The quantitative estimate of drug-likeness (QED) is 0.630. The Morgan fingerprint density at radius 3 is 2.55 bits per heavy atom. The molecule has 0 amide bonds. The molecule has 0 saturated carbocycles. The number of carbonyl (C=O) groups is 1. The van der Waals surface area contributed by atoms with Gasteiger partial charge in [-0.25, -0.2) is 0 Å². The normalized spacial score (nSPS) is 11.0. The zero-order valence-corrected chi connectivity index (χ0v) is 14.2. The van der Waals surface area contributed by atoms with Crippen LogP contribution in [0.4, 0.5) is 5.69 Å². The highest BCUT2D eigenvalue weighted by Gasteiger charge is 2.06. The molecule has 0 atom stereocenters. The van der Waals surface area contributed by atoms with Gasteiger partial charge in [0, 0.05) is 30.3 Å². The van der Waals surface area contributed by atoms with E-state index in [1.165, 1.54) is 0 Å². The SMILES string of the molecule is CC(C)Nc1cccc(OCCCCOCC(=O)C(C)C)c1. The minimum Gasteiger partial charge on any atom is -0.494 e. The number of ketones is 1. The number of rotatable bonds is 11. The van der Waals surface area contributed by atoms with Crippen molar-refractivity contribution in [3.63, 3.8) is 0 Å². The van der Waals surface area contributed by atoms with E-state index in [0.717, 1.165) is 24.3 Å². The average molecular weight is 307 g/mol. The smallest absolute Gasteiger partial charge is 0.160 e. The second-order valence-electron chi connectivity index (χ2n) is 6.06. The summed E-state index contributed by atoms with van der Waals surface area (Å²) >= 11 is 0. The Balaban J connectivity index is 2.13. The van der Waals surface area contributed by atoms with Gasteiger partial charge in [0.25, 0.3) is 0 Å². The van der Waals surface area contributed by atoms with Crippen molar-refractivity contribution >= 4 is 11.5 Å². The van der Waals surface area contributed by atoms with Crippen molar-refractivity contribution in [3.8, 4) is 5.75 Å². The van der Waals surface area contributed by atoms with Gasteiger partial charge in [0.05, 0.1) is 6.61 Å². The third-order valence-electron chi connectivity index (χ3n) is 3.13. The fourth-order valence-electron chi connectivity index (χ4n) is 1.84. The molecule has 1 rings (SSSR count). The van der Waals surface area contributed by atoms with Crippen LogP contribution in [0, 0.1) is 5.92 Å². The minimum absolute atomic E-state index is 0.0510. The highest BCUT2D eigenvalue weighted by molar-refractivity contribution is 5.81. The van der Waals surface area contributed by atoms with Crippen molar-refractivity contribution in [2.45, 2.75) is 46.6 Å². The Labute approximate surface area is 134 Å². The van der Waals surface area contributed by atoms with E-state index in [1.54, 1.807) is 0 Å². The maximum absolute atomic E-state index is 11.4. The summed E-state index contributed by atoms with van der Waals surface area (Å²) in [6.45, 7) is 9.49. The molecular weight excluding hydrogens is 278 g/mol. The maximum Gasteiger partial charge on any atom is 0.160 e. The van der Waals surface area contributed by atoms with Crippen LogP contribution < -0.4 is 10.1 Å². The highest BCUT2D eigenvalue weighted by Crippen LogP contribution is 2.18. The van der Waals surface area contributed by atoms with Gasteiger partial charge in [-0.05, 0) is 38.8 Å². The second-order valence-corrected chi connectivity index (χ2v) is 6.06. The summed E-state index contributed by atoms with van der Waals surface area (Å²) in [5.74, 6) is 1.09. The van der Waals surface area contributed by atoms with Crippen LogP contribution in [0.3, 0.4) is 0 Å². The predicted molar refractivity (Wildman–Crippen MR) is 90.6 cm³/mol. The van der Waals surface area contributed by atoms with Gasteiger partial charge in [0.2, 0.25) is 0 Å². The van der Waals surface area contributed by atoms with Crippen molar-refractivity contribution in [1.29, 1.82) is 0 Å². The summed E-state index contributed by atoms with van der Waals surface area (Å²) in [6.07, 6.45) is 1.81. The molecule has 1 aromatic carbocycles. The average Bonchev–Trinajstić information content (AvgIpc) is 2.45. The number of anilines is 1. The first-order valence-corrected chi connectivity index (χ1v) is 8.09. The molecule has 22 heavy (non-hydrogen) atoms. The van der Waals surface area contributed by atoms with Gasteiger partial charge in [0.1, 0.15) is 12.4 Å². The minimum atomic E-state index is 0.0510. The van der Waals surface area contributed by atoms with E-state index in [4.69, 9.17) is 9.47 Å². The molecule has 1 N–H and O–H groups in total. The van der Waals surface area contributed by atoms with E-state index in [0.29, 0.717) is 19.3 Å². The summed E-state index contributed by atoms with van der Waals surface area (Å²) < 4.78 is 11.1. The highest BCUT2D eigenvalue weighted by atomic mass is 16.5. The van der Waals surface area contributed by atoms with E-state index in [2.05, 4.69) is 19.2 Å². The van der Waals surface area contributed by atoms with Crippen LogP contribution in [0.15, 0.2) is 24.3 Å². The lowest BCUT2D eigenvalue weighted by atomic mass is 10.1. The van der Waals surface area contributed by atoms with E-state index in [-0.39, 0.29) is 18.3 Å². The molecule has 0 bridgehead atoms. The Kier molecular flexibility index (Phi) is 8.60. The molecular formula is C18H29NO3. The van der Waals surface area contributed by atoms with E-state index >= 15 is 0 Å². The molecule has 0 aliphatic rings. The third kappa shape index (κ3) is 8.03. The molecule has 0 radical (unpaired) electrons. The summed E-state index contributed by atoms with van der Waals surface area (Å²) in [7, 11) is 0. The fourth-order valence-corrected chi connectivity index (χ4v) is 1.84. The van der Waals surface area contributed by atoms with Gasteiger partial charge in [0.15, 0.2) is 5.78 Å². The monoisotopic (exact) mass is 307 g/mol. The number of Topliss-reactive ketones (excluding diaryl/α,β-unsaturated/α-hetero) is 1. The Hall–Kier alpha value is -1.55. The van der Waals surface area contributed by atoms with Crippen LogP contribution in [0.25, 0.3) is 0 Å². The molecule has 0 unspecified atom stereocenters. The molecule has 0 heterocycles. The Bertz CT molecular complexity index is 444. The number of hydrogen-bond acceptors (Lipinski definition) is 4. The van der Waals surface area contributed by atoms with Crippen LogP contribution in [-0.2, 0) is 9.53 Å². The number of carbonyl (C=O) groups excluding carboxylic acids is 1. The summed E-state index contributed by atoms with van der Waals surface area (Å²) in [5, 5.41) is 3.35. The molecule has 0 saturated heterocycles. The molecule has 4 heteroatoms. The number of hydrogen-bond donors (Lipinski definition) is 1. The van der Waals surface area contributed by atoms with Gasteiger partial charge < -0.3 is 14.8 Å². The maximum atomic E-state index is 11.4. The van der Waals surface area contributed by atoms with Crippen molar-refractivity contribution in [1.82, 2.24) is 0 Å². The van der Waals surface area contributed by atoms with Gasteiger partial charge in [-0.15, -0.1) is 0 Å². The van der Waals surface area contributed by atoms with Crippen molar-refractivity contribution in [2.24, 2.45) is 5.92 Å². The molecule has 1 aromatic rings. The van der Waals surface area contributed by atoms with E-state index in [1.807, 2.05) is 38.1 Å². The Morgan fingerprint density at radius 1 is 1.14 bits per heavy atom. The van der Waals surface area contributed by atoms with Crippen molar-refractivity contribution in [2.75, 3.05) is 25.1 Å². The number of benzene rings is 1. The first-order valence-electron chi connectivity index (χ1n) is 8.09. The number of nitrogens with one attached hydrogen (secondary N) is 1. The van der Waals surface area contributed by atoms with Crippen LogP contribution in [0.5, 0.6) is 5.75 Å². The van der Waals surface area contributed by atoms with Crippen LogP contribution >= 0.6 is 0 Å². The lowest BCUT2D eigenvalue weighted by molar-refractivity contribution is -0.126. The molecule has 124 valence electrons. The zero-order valence-electron chi connectivity index (χ0n) is 14.2. The van der Waals surface area contributed by atoms with Crippen LogP contribution in [-0.4, -0.2) is 31.6 Å². The van der Waals surface area contributed by atoms with Gasteiger partial charge in [-0.2, -0.15) is 0 Å². The van der Waals surface area contributed by atoms with Gasteiger partial charge in [-0.1, -0.05) is 19.9 Å². The lowest BCUT2D eigenvalue weighted by Gasteiger charge is -2.12. The molecule has 0 spiro atoms. The topological polar surface area (TPSA) is 47.6 Å². The summed E-state index contributed by atoms with van der Waals surface area (Å²) in [6, 6.07) is 8.40. The number of unbranched alkanes of at least 4 members (excludes halogenated alkanes) is 1. The second kappa shape index (κ2) is 10.2. The largest absolute Gasteiger partial charge is 0.494 e. The van der Waals surface area contributed by atoms with E-state index < -0.39 is 0 Å². The van der Waals surface area contributed by atoms with Crippen molar-refractivity contribution < 1.29 is 14.3 Å². The van der Waals surface area contributed by atoms with E-state index in [9.17, 15) is 4.79 Å². The van der Waals surface area contributed by atoms with Crippen molar-refractivity contribution in [3.05, 3.63) is 24.3 Å². The van der Waals surface area contributed by atoms with Gasteiger partial charge in [-0.3, -0.25) is 4.79 Å². The molecule has 0 aliphatic carbocycles. The zero-order chi connectivity index (χ0) is 16.4.